The van der Waals surface area contributed by atoms with Gasteiger partial charge in [-0.3, -0.25) is 0 Å². The summed E-state index contributed by atoms with van der Waals surface area (Å²) >= 11 is 0. The lowest BCUT2D eigenvalue weighted by Gasteiger charge is -2.06. The average molecular weight is 197 g/mol. The van der Waals surface area contributed by atoms with Crippen LogP contribution in [0.25, 0.3) is 0 Å². The quantitative estimate of drug-likeness (QED) is 0.521. The molecule has 0 aliphatic carbocycles. The summed E-state index contributed by atoms with van der Waals surface area (Å²) in [5.41, 5.74) is 0.737. The van der Waals surface area contributed by atoms with Gasteiger partial charge in [0.05, 0.1) is 0 Å². The van der Waals surface area contributed by atoms with Crippen LogP contribution in [0.1, 0.15) is 12.0 Å². The third-order valence-electron chi connectivity index (χ3n) is 1.90. The predicted octanol–water partition coefficient (Wildman–Crippen LogP) is 0.570. The molecule has 1 aromatic carbocycles. The summed E-state index contributed by atoms with van der Waals surface area (Å²) in [6, 6.07) is 4.50. The highest BCUT2D eigenvalue weighted by Gasteiger charge is 2.00. The van der Waals surface area contributed by atoms with Gasteiger partial charge in [0.25, 0.3) is 0 Å². The van der Waals surface area contributed by atoms with E-state index in [1.165, 1.54) is 12.1 Å². The summed E-state index contributed by atoms with van der Waals surface area (Å²) in [6.45, 7) is 1.40. The molecule has 1 aromatic rings. The van der Waals surface area contributed by atoms with Crippen LogP contribution in [0.4, 0.5) is 0 Å². The number of aliphatic hydroxyl groups is 1. The first-order valence-electron chi connectivity index (χ1n) is 4.56. The molecule has 0 unspecified atom stereocenters. The molecule has 0 fully saturated rings. The van der Waals surface area contributed by atoms with Crippen molar-refractivity contribution < 1.29 is 15.3 Å². The van der Waals surface area contributed by atoms with E-state index in [0.29, 0.717) is 19.5 Å². The summed E-state index contributed by atoms with van der Waals surface area (Å²) in [4.78, 5) is 0. The van der Waals surface area contributed by atoms with Gasteiger partial charge in [0.1, 0.15) is 11.5 Å². The molecule has 0 spiro atoms. The van der Waals surface area contributed by atoms with Gasteiger partial charge in [-0.2, -0.15) is 0 Å². The normalized spacial score (nSPS) is 10.4. The van der Waals surface area contributed by atoms with E-state index in [1.54, 1.807) is 6.07 Å². The van der Waals surface area contributed by atoms with Crippen molar-refractivity contribution in [2.24, 2.45) is 0 Å². The number of rotatable bonds is 5. The molecular formula is C10H15NO3. The summed E-state index contributed by atoms with van der Waals surface area (Å²) < 4.78 is 0. The Morgan fingerprint density at radius 3 is 2.64 bits per heavy atom. The van der Waals surface area contributed by atoms with E-state index in [-0.39, 0.29) is 18.1 Å². The molecule has 0 aromatic heterocycles. The highest BCUT2D eigenvalue weighted by molar-refractivity contribution is 5.38. The molecule has 0 atom stereocenters. The van der Waals surface area contributed by atoms with Crippen LogP contribution in [0.15, 0.2) is 18.2 Å². The molecule has 0 amide bonds. The maximum Gasteiger partial charge on any atom is 0.123 e. The molecule has 0 radical (unpaired) electrons. The molecule has 0 bridgehead atoms. The van der Waals surface area contributed by atoms with Crippen LogP contribution >= 0.6 is 0 Å². The van der Waals surface area contributed by atoms with Gasteiger partial charge in [-0.25, -0.2) is 0 Å². The summed E-state index contributed by atoms with van der Waals surface area (Å²) in [5.74, 6) is 0.142. The molecule has 78 valence electrons. The second kappa shape index (κ2) is 5.47. The molecular weight excluding hydrogens is 182 g/mol. The largest absolute Gasteiger partial charge is 0.508 e. The van der Waals surface area contributed by atoms with Gasteiger partial charge in [-0.15, -0.1) is 0 Å². The molecule has 4 nitrogen and oxygen atoms in total. The van der Waals surface area contributed by atoms with E-state index in [1.807, 2.05) is 0 Å². The van der Waals surface area contributed by atoms with Crippen LogP contribution in [0.3, 0.4) is 0 Å². The van der Waals surface area contributed by atoms with Crippen molar-refractivity contribution in [1.29, 1.82) is 0 Å². The Bertz CT molecular complexity index is 289. The number of hydrogen-bond acceptors (Lipinski definition) is 4. The summed E-state index contributed by atoms with van der Waals surface area (Å²) in [6.07, 6.45) is 0.693. The second-order valence-corrected chi connectivity index (χ2v) is 3.07. The lowest BCUT2D eigenvalue weighted by atomic mass is 10.2. The van der Waals surface area contributed by atoms with Crippen LogP contribution in [0.2, 0.25) is 0 Å². The van der Waals surface area contributed by atoms with Gasteiger partial charge >= 0.3 is 0 Å². The van der Waals surface area contributed by atoms with Crippen molar-refractivity contribution in [3.05, 3.63) is 23.8 Å². The molecule has 0 heterocycles. The monoisotopic (exact) mass is 197 g/mol. The zero-order valence-electron chi connectivity index (χ0n) is 7.90. The highest BCUT2D eigenvalue weighted by Crippen LogP contribution is 2.21. The summed E-state index contributed by atoms with van der Waals surface area (Å²) in [7, 11) is 0. The van der Waals surface area contributed by atoms with E-state index in [4.69, 9.17) is 10.2 Å². The summed E-state index contributed by atoms with van der Waals surface area (Å²) in [5, 5.41) is 30.0. The number of phenolic OH excluding ortho intramolecular Hbond substituents is 2. The van der Waals surface area contributed by atoms with Crippen LogP contribution in [-0.2, 0) is 6.54 Å². The first kappa shape index (κ1) is 10.8. The fraction of sp³-hybridized carbons (Fsp3) is 0.400. The number of aromatic hydroxyl groups is 2. The Morgan fingerprint density at radius 1 is 1.21 bits per heavy atom. The standard InChI is InChI=1S/C10H15NO3/c12-5-1-4-11-7-8-2-3-9(13)6-10(8)14/h2-3,6,11-14H,1,4-5,7H2. The average Bonchev–Trinajstić information content (AvgIpc) is 2.15. The van der Waals surface area contributed by atoms with E-state index in [0.717, 1.165) is 5.56 Å². The van der Waals surface area contributed by atoms with Crippen molar-refractivity contribution >= 4 is 0 Å². The molecule has 14 heavy (non-hydrogen) atoms. The minimum Gasteiger partial charge on any atom is -0.508 e. The molecule has 4 heteroatoms. The van der Waals surface area contributed by atoms with E-state index >= 15 is 0 Å². The third-order valence-corrected chi connectivity index (χ3v) is 1.90. The number of aliphatic hydroxyl groups excluding tert-OH is 1. The molecule has 1 rings (SSSR count). The zero-order chi connectivity index (χ0) is 10.4. The van der Waals surface area contributed by atoms with Gasteiger partial charge in [0, 0.05) is 24.8 Å². The number of nitrogens with one attached hydrogen (secondary N) is 1. The van der Waals surface area contributed by atoms with E-state index in [9.17, 15) is 5.11 Å². The van der Waals surface area contributed by atoms with Crippen molar-refractivity contribution in [3.8, 4) is 11.5 Å². The van der Waals surface area contributed by atoms with E-state index in [2.05, 4.69) is 5.32 Å². The van der Waals surface area contributed by atoms with Crippen LogP contribution in [0, 0.1) is 0 Å². The Labute approximate surface area is 82.8 Å². The van der Waals surface area contributed by atoms with Crippen molar-refractivity contribution in [2.75, 3.05) is 13.2 Å². The number of benzene rings is 1. The van der Waals surface area contributed by atoms with Crippen molar-refractivity contribution in [3.63, 3.8) is 0 Å². The minimum absolute atomic E-state index is 0.0570. The molecule has 0 aliphatic heterocycles. The molecule has 0 saturated carbocycles. The lowest BCUT2D eigenvalue weighted by molar-refractivity contribution is 0.286. The van der Waals surface area contributed by atoms with Gasteiger partial charge in [-0.05, 0) is 19.0 Å². The molecule has 0 aliphatic rings. The van der Waals surface area contributed by atoms with Gasteiger partial charge < -0.3 is 20.6 Å². The maximum absolute atomic E-state index is 9.40. The lowest BCUT2D eigenvalue weighted by Crippen LogP contribution is -2.15. The topological polar surface area (TPSA) is 72.7 Å². The highest BCUT2D eigenvalue weighted by atomic mass is 16.3. The van der Waals surface area contributed by atoms with Crippen molar-refractivity contribution in [2.45, 2.75) is 13.0 Å². The first-order chi connectivity index (χ1) is 6.74. The van der Waals surface area contributed by atoms with E-state index < -0.39 is 0 Å². The third kappa shape index (κ3) is 3.24. The Balaban J connectivity index is 2.42. The van der Waals surface area contributed by atoms with Gasteiger partial charge in [0.15, 0.2) is 0 Å². The van der Waals surface area contributed by atoms with Crippen LogP contribution in [0.5, 0.6) is 11.5 Å². The van der Waals surface area contributed by atoms with Gasteiger partial charge in [-0.1, -0.05) is 6.07 Å². The Kier molecular flexibility index (Phi) is 4.22. The van der Waals surface area contributed by atoms with Crippen LogP contribution in [-0.4, -0.2) is 28.5 Å². The number of hydrogen-bond donors (Lipinski definition) is 4. The van der Waals surface area contributed by atoms with Crippen LogP contribution < -0.4 is 5.32 Å². The minimum atomic E-state index is 0.0570. The second-order valence-electron chi connectivity index (χ2n) is 3.07. The molecule has 0 saturated heterocycles. The molecule has 4 N–H and O–H groups in total. The predicted molar refractivity (Wildman–Crippen MR) is 53.2 cm³/mol. The smallest absolute Gasteiger partial charge is 0.123 e. The maximum atomic E-state index is 9.40. The SMILES string of the molecule is OCCCNCc1ccc(O)cc1O. The number of phenols is 2. The first-order valence-corrected chi connectivity index (χ1v) is 4.56. The Morgan fingerprint density at radius 2 is 2.00 bits per heavy atom. The Hall–Kier alpha value is -1.26. The van der Waals surface area contributed by atoms with Crippen molar-refractivity contribution in [1.82, 2.24) is 5.32 Å². The fourth-order valence-corrected chi connectivity index (χ4v) is 1.13. The van der Waals surface area contributed by atoms with Gasteiger partial charge in [0.2, 0.25) is 0 Å². The fourth-order valence-electron chi connectivity index (χ4n) is 1.13. The zero-order valence-corrected chi connectivity index (χ0v) is 7.90.